The van der Waals surface area contributed by atoms with E-state index in [2.05, 4.69) is 29.2 Å². The minimum atomic E-state index is -0.317. The van der Waals surface area contributed by atoms with Crippen molar-refractivity contribution in [1.82, 2.24) is 9.47 Å². The monoisotopic (exact) mass is 376 g/mol. The van der Waals surface area contributed by atoms with Crippen LogP contribution in [-0.4, -0.2) is 28.3 Å². The van der Waals surface area contributed by atoms with Crippen LogP contribution >= 0.6 is 0 Å². The number of aromatic nitrogens is 1. The van der Waals surface area contributed by atoms with Gasteiger partial charge in [0.15, 0.2) is 5.78 Å². The van der Waals surface area contributed by atoms with E-state index in [-0.39, 0.29) is 11.6 Å². The molecule has 0 unspecified atom stereocenters. The number of rotatable bonds is 5. The molecule has 0 bridgehead atoms. The van der Waals surface area contributed by atoms with Crippen molar-refractivity contribution in [2.24, 2.45) is 13.0 Å². The zero-order chi connectivity index (χ0) is 19.5. The Morgan fingerprint density at radius 1 is 1.14 bits per heavy atom. The molecule has 4 rings (SSSR count). The maximum Gasteiger partial charge on any atom is 0.187 e. The van der Waals surface area contributed by atoms with Gasteiger partial charge in [-0.05, 0) is 61.7 Å². The molecular weight excluding hydrogens is 351 g/mol. The molecule has 0 atom stereocenters. The van der Waals surface area contributed by atoms with Gasteiger partial charge in [0, 0.05) is 36.3 Å². The van der Waals surface area contributed by atoms with E-state index >= 15 is 0 Å². The Hall–Kier alpha value is -2.72. The maximum atomic E-state index is 13.6. The van der Waals surface area contributed by atoms with Crippen LogP contribution in [0.1, 0.15) is 28.8 Å². The Bertz CT molecular complexity index is 998. The van der Waals surface area contributed by atoms with Crippen LogP contribution < -0.4 is 0 Å². The van der Waals surface area contributed by atoms with Crippen molar-refractivity contribution in [2.45, 2.75) is 19.4 Å². The first kappa shape index (κ1) is 18.6. The minimum absolute atomic E-state index is 0.0529. The van der Waals surface area contributed by atoms with E-state index in [1.165, 1.54) is 17.7 Å². The fourth-order valence-corrected chi connectivity index (χ4v) is 4.02. The molecule has 1 aliphatic rings. The summed E-state index contributed by atoms with van der Waals surface area (Å²) in [6, 6.07) is 15.1. The molecule has 0 amide bonds. The van der Waals surface area contributed by atoms with Crippen molar-refractivity contribution < 1.29 is 9.18 Å². The van der Waals surface area contributed by atoms with Gasteiger partial charge >= 0.3 is 0 Å². The average molecular weight is 376 g/mol. The van der Waals surface area contributed by atoms with Crippen LogP contribution in [0.5, 0.6) is 0 Å². The van der Waals surface area contributed by atoms with E-state index in [1.54, 1.807) is 18.3 Å². The van der Waals surface area contributed by atoms with Crippen LogP contribution in [0.15, 0.2) is 66.9 Å². The van der Waals surface area contributed by atoms with Crippen LogP contribution in [0.4, 0.5) is 4.39 Å². The minimum Gasteiger partial charge on any atom is -0.350 e. The normalized spacial score (nSPS) is 16.2. The molecule has 28 heavy (non-hydrogen) atoms. The summed E-state index contributed by atoms with van der Waals surface area (Å²) in [5.41, 5.74) is 2.77. The van der Waals surface area contributed by atoms with E-state index in [0.717, 1.165) is 38.0 Å². The van der Waals surface area contributed by atoms with Crippen molar-refractivity contribution in [2.75, 3.05) is 13.1 Å². The molecule has 0 N–H and O–H groups in total. The van der Waals surface area contributed by atoms with E-state index in [1.807, 2.05) is 23.8 Å². The predicted octanol–water partition coefficient (Wildman–Crippen LogP) is 4.97. The highest BCUT2D eigenvalue weighted by molar-refractivity contribution is 6.13. The smallest absolute Gasteiger partial charge is 0.187 e. The number of allylic oxidation sites excluding steroid dienone is 2. The molecule has 2 aromatic carbocycles. The van der Waals surface area contributed by atoms with Crippen molar-refractivity contribution in [1.29, 1.82) is 0 Å². The van der Waals surface area contributed by atoms with Crippen LogP contribution in [0.3, 0.4) is 0 Å². The van der Waals surface area contributed by atoms with Gasteiger partial charge in [-0.2, -0.15) is 0 Å². The quantitative estimate of drug-likeness (QED) is 0.464. The summed E-state index contributed by atoms with van der Waals surface area (Å²) < 4.78 is 15.5. The molecule has 1 fully saturated rings. The van der Waals surface area contributed by atoms with E-state index in [0.29, 0.717) is 16.9 Å². The Morgan fingerprint density at radius 2 is 1.89 bits per heavy atom. The van der Waals surface area contributed by atoms with Gasteiger partial charge in [0.2, 0.25) is 0 Å². The van der Waals surface area contributed by atoms with Crippen LogP contribution in [0.2, 0.25) is 0 Å². The zero-order valence-corrected chi connectivity index (χ0v) is 16.1. The predicted molar refractivity (Wildman–Crippen MR) is 111 cm³/mol. The highest BCUT2D eigenvalue weighted by Crippen LogP contribution is 2.24. The Morgan fingerprint density at radius 3 is 2.64 bits per heavy atom. The van der Waals surface area contributed by atoms with Gasteiger partial charge in [0.05, 0.1) is 0 Å². The van der Waals surface area contributed by atoms with E-state index in [4.69, 9.17) is 0 Å². The number of hydrogen-bond acceptors (Lipinski definition) is 2. The SMILES string of the molecule is Cn1cc(C(=O)C=CC2CCN(Cc3ccccc3)CC2)c2cc(F)ccc21. The van der Waals surface area contributed by atoms with E-state index in [9.17, 15) is 9.18 Å². The van der Waals surface area contributed by atoms with Gasteiger partial charge in [-0.15, -0.1) is 0 Å². The maximum absolute atomic E-state index is 13.6. The molecule has 144 valence electrons. The Kier molecular flexibility index (Phi) is 5.40. The van der Waals surface area contributed by atoms with Gasteiger partial charge in [-0.25, -0.2) is 4.39 Å². The molecule has 1 saturated heterocycles. The second-order valence-electron chi connectivity index (χ2n) is 7.64. The molecule has 1 aromatic heterocycles. The van der Waals surface area contributed by atoms with Gasteiger partial charge in [-0.1, -0.05) is 36.4 Å². The second-order valence-corrected chi connectivity index (χ2v) is 7.64. The molecule has 3 nitrogen and oxygen atoms in total. The van der Waals surface area contributed by atoms with E-state index < -0.39 is 0 Å². The molecular formula is C24H25FN2O. The molecule has 0 radical (unpaired) electrons. The molecule has 0 spiro atoms. The number of nitrogens with zero attached hydrogens (tertiary/aromatic N) is 2. The first-order valence-corrected chi connectivity index (χ1v) is 9.83. The van der Waals surface area contributed by atoms with Crippen LogP contribution in [-0.2, 0) is 13.6 Å². The first-order chi connectivity index (χ1) is 13.6. The van der Waals surface area contributed by atoms with Gasteiger partial charge < -0.3 is 4.57 Å². The molecule has 0 saturated carbocycles. The lowest BCUT2D eigenvalue weighted by atomic mass is 9.95. The number of likely N-dealkylation sites (tertiary alicyclic amines) is 1. The Balaban J connectivity index is 1.38. The third-order valence-electron chi connectivity index (χ3n) is 5.62. The summed E-state index contributed by atoms with van der Waals surface area (Å²) in [6.45, 7) is 3.06. The first-order valence-electron chi connectivity index (χ1n) is 9.83. The number of benzene rings is 2. The topological polar surface area (TPSA) is 25.2 Å². The zero-order valence-electron chi connectivity index (χ0n) is 16.1. The van der Waals surface area contributed by atoms with Gasteiger partial charge in [0.25, 0.3) is 0 Å². The largest absolute Gasteiger partial charge is 0.350 e. The van der Waals surface area contributed by atoms with Crippen LogP contribution in [0.25, 0.3) is 10.9 Å². The van der Waals surface area contributed by atoms with Gasteiger partial charge in [-0.3, -0.25) is 9.69 Å². The van der Waals surface area contributed by atoms with Crippen LogP contribution in [0, 0.1) is 11.7 Å². The highest BCUT2D eigenvalue weighted by atomic mass is 19.1. The fourth-order valence-electron chi connectivity index (χ4n) is 4.02. The third-order valence-corrected chi connectivity index (χ3v) is 5.62. The van der Waals surface area contributed by atoms with Crippen molar-refractivity contribution in [3.8, 4) is 0 Å². The summed E-state index contributed by atoms with van der Waals surface area (Å²) in [5.74, 6) is 0.0492. The third kappa shape index (κ3) is 4.07. The lowest BCUT2D eigenvalue weighted by molar-refractivity contribution is 0.104. The summed E-state index contributed by atoms with van der Waals surface area (Å²) in [6.07, 6.45) is 7.62. The van der Waals surface area contributed by atoms with Gasteiger partial charge in [0.1, 0.15) is 5.82 Å². The number of fused-ring (bicyclic) bond motifs is 1. The molecule has 2 heterocycles. The number of carbonyl (C=O) groups is 1. The lowest BCUT2D eigenvalue weighted by Crippen LogP contribution is -2.32. The molecule has 4 heteroatoms. The molecule has 0 aliphatic carbocycles. The number of carbonyl (C=O) groups excluding carboxylic acids is 1. The van der Waals surface area contributed by atoms with Crippen molar-refractivity contribution in [3.05, 3.63) is 83.8 Å². The number of hydrogen-bond donors (Lipinski definition) is 0. The summed E-state index contributed by atoms with van der Waals surface area (Å²) >= 11 is 0. The molecule has 3 aromatic rings. The number of halogens is 1. The number of piperidine rings is 1. The standard InChI is InChI=1S/C24H25FN2O/c1-26-17-22(21-15-20(25)8-9-23(21)26)24(28)10-7-18-11-13-27(14-12-18)16-19-5-3-2-4-6-19/h2-10,15,17-18H,11-14,16H2,1H3. The number of ketones is 1. The summed E-state index contributed by atoms with van der Waals surface area (Å²) in [5, 5.41) is 0.676. The summed E-state index contributed by atoms with van der Waals surface area (Å²) in [4.78, 5) is 15.2. The lowest BCUT2D eigenvalue weighted by Gasteiger charge is -2.30. The average Bonchev–Trinajstić information content (AvgIpc) is 3.04. The summed E-state index contributed by atoms with van der Waals surface area (Å²) in [7, 11) is 1.88. The highest BCUT2D eigenvalue weighted by Gasteiger charge is 2.18. The number of aryl methyl sites for hydroxylation is 1. The fraction of sp³-hybridized carbons (Fsp3) is 0.292. The van der Waals surface area contributed by atoms with Crippen molar-refractivity contribution in [3.63, 3.8) is 0 Å². The van der Waals surface area contributed by atoms with Crippen molar-refractivity contribution >= 4 is 16.7 Å². The molecule has 1 aliphatic heterocycles. The second kappa shape index (κ2) is 8.11. The Labute approximate surface area is 165 Å².